The van der Waals surface area contributed by atoms with Gasteiger partial charge in [-0.15, -0.1) is 0 Å². The minimum atomic E-state index is -0.886. The highest BCUT2D eigenvalue weighted by atomic mass is 16.7. The summed E-state index contributed by atoms with van der Waals surface area (Å²) in [6.45, 7) is 0.985. The van der Waals surface area contributed by atoms with Gasteiger partial charge in [-0.2, -0.15) is 4.98 Å². The van der Waals surface area contributed by atoms with Crippen LogP contribution in [0.4, 0.5) is 5.82 Å². The number of carboxylic acid groups (broad SMARTS) is 1. The smallest absolute Gasteiger partial charge is 0.303 e. The van der Waals surface area contributed by atoms with Crippen molar-refractivity contribution in [3.8, 4) is 11.5 Å². The zero-order valence-corrected chi connectivity index (χ0v) is 17.0. The minimum Gasteiger partial charge on any atom is -0.481 e. The molecule has 1 aliphatic rings. The van der Waals surface area contributed by atoms with Crippen LogP contribution in [0.5, 0.6) is 11.5 Å². The molecule has 0 radical (unpaired) electrons. The Morgan fingerprint density at radius 3 is 2.90 bits per heavy atom. The number of fused-ring (bicyclic) bond motifs is 1. The topological polar surface area (TPSA) is 120 Å². The van der Waals surface area contributed by atoms with Gasteiger partial charge in [0.25, 0.3) is 0 Å². The Kier molecular flexibility index (Phi) is 6.61. The summed E-state index contributed by atoms with van der Waals surface area (Å²) in [4.78, 5) is 20.1. The van der Waals surface area contributed by atoms with Crippen LogP contribution in [-0.4, -0.2) is 39.5 Å². The van der Waals surface area contributed by atoms with Gasteiger partial charge in [0.15, 0.2) is 17.3 Å². The van der Waals surface area contributed by atoms with Crippen molar-refractivity contribution in [2.75, 3.05) is 18.7 Å². The summed E-state index contributed by atoms with van der Waals surface area (Å²) in [5.41, 5.74) is 0.840. The van der Waals surface area contributed by atoms with Gasteiger partial charge in [0.05, 0.1) is 6.42 Å². The summed E-state index contributed by atoms with van der Waals surface area (Å²) in [6, 6.07) is 11.2. The van der Waals surface area contributed by atoms with Gasteiger partial charge in [0.2, 0.25) is 12.7 Å². The predicted molar refractivity (Wildman–Crippen MR) is 111 cm³/mol. The van der Waals surface area contributed by atoms with Gasteiger partial charge in [0.1, 0.15) is 5.82 Å². The third-order valence-electron chi connectivity index (χ3n) is 5.02. The van der Waals surface area contributed by atoms with E-state index in [1.54, 1.807) is 12.3 Å². The molecule has 0 aliphatic carbocycles. The van der Waals surface area contributed by atoms with E-state index in [9.17, 15) is 9.90 Å². The van der Waals surface area contributed by atoms with E-state index in [1.165, 1.54) is 0 Å². The molecule has 0 bridgehead atoms. The molecule has 3 aromatic rings. The molecule has 9 nitrogen and oxygen atoms in total. The first-order valence-corrected chi connectivity index (χ1v) is 10.2. The largest absolute Gasteiger partial charge is 0.481 e. The van der Waals surface area contributed by atoms with Crippen LogP contribution in [0, 0.1) is 0 Å². The van der Waals surface area contributed by atoms with Crippen molar-refractivity contribution >= 4 is 11.8 Å². The zero-order valence-electron chi connectivity index (χ0n) is 17.0. The van der Waals surface area contributed by atoms with E-state index >= 15 is 0 Å². The van der Waals surface area contributed by atoms with Crippen LogP contribution in [0.2, 0.25) is 0 Å². The lowest BCUT2D eigenvalue weighted by molar-refractivity contribution is -0.137. The number of aryl methyl sites for hydroxylation is 1. The predicted octanol–water partition coefficient (Wildman–Crippen LogP) is 3.43. The van der Waals surface area contributed by atoms with E-state index in [2.05, 4.69) is 20.4 Å². The number of nitrogens with zero attached hydrogens (tertiary/aromatic N) is 3. The molecule has 1 aliphatic heterocycles. The Balaban J connectivity index is 1.30. The van der Waals surface area contributed by atoms with Crippen LogP contribution in [0.1, 0.15) is 42.5 Å². The maximum atomic E-state index is 11.4. The second-order valence-electron chi connectivity index (χ2n) is 7.31. The third-order valence-corrected chi connectivity index (χ3v) is 5.02. The average Bonchev–Trinajstić information content (AvgIpc) is 3.42. The van der Waals surface area contributed by atoms with Crippen LogP contribution in [-0.2, 0) is 17.6 Å². The molecule has 162 valence electrons. The molecule has 2 N–H and O–H groups in total. The lowest BCUT2D eigenvalue weighted by Gasteiger charge is -2.13. The highest BCUT2D eigenvalue weighted by Crippen LogP contribution is 2.36. The van der Waals surface area contributed by atoms with Crippen LogP contribution in [0.3, 0.4) is 0 Å². The van der Waals surface area contributed by atoms with Crippen molar-refractivity contribution in [3.63, 3.8) is 0 Å². The average molecular weight is 424 g/mol. The van der Waals surface area contributed by atoms with E-state index in [0.29, 0.717) is 36.1 Å². The fourth-order valence-corrected chi connectivity index (χ4v) is 3.46. The molecule has 0 fully saturated rings. The monoisotopic (exact) mass is 424 g/mol. The molecule has 3 heterocycles. The SMILES string of the molecule is O=C(O)CC(Cc1nc(CCCCNc2ccccn2)no1)c1ccc2c(c1)OCO2. The number of hydrogen-bond acceptors (Lipinski definition) is 8. The van der Waals surface area contributed by atoms with Crippen LogP contribution >= 0.6 is 0 Å². The molecule has 1 aromatic carbocycles. The lowest BCUT2D eigenvalue weighted by atomic mass is 9.92. The number of ether oxygens (including phenoxy) is 2. The zero-order chi connectivity index (χ0) is 21.5. The fraction of sp³-hybridized carbons (Fsp3) is 0.364. The van der Waals surface area contributed by atoms with Crippen molar-refractivity contribution in [2.45, 2.75) is 38.0 Å². The van der Waals surface area contributed by atoms with Crippen LogP contribution in [0.25, 0.3) is 0 Å². The summed E-state index contributed by atoms with van der Waals surface area (Å²) in [5.74, 6) is 2.02. The Hall–Kier alpha value is -3.62. The van der Waals surface area contributed by atoms with Gasteiger partial charge < -0.3 is 24.4 Å². The molecule has 31 heavy (non-hydrogen) atoms. The Morgan fingerprint density at radius 1 is 1.16 bits per heavy atom. The number of aromatic nitrogens is 3. The maximum Gasteiger partial charge on any atom is 0.303 e. The summed E-state index contributed by atoms with van der Waals surface area (Å²) < 4.78 is 16.1. The number of pyridine rings is 1. The van der Waals surface area contributed by atoms with Gasteiger partial charge in [0, 0.05) is 31.5 Å². The van der Waals surface area contributed by atoms with E-state index in [0.717, 1.165) is 30.8 Å². The normalized spacial score (nSPS) is 13.2. The summed E-state index contributed by atoms with van der Waals surface area (Å²) in [5, 5.41) is 16.6. The number of unbranched alkanes of at least 4 members (excludes halogenated alkanes) is 1. The number of anilines is 1. The third kappa shape index (κ3) is 5.71. The van der Waals surface area contributed by atoms with E-state index in [-0.39, 0.29) is 19.1 Å². The summed E-state index contributed by atoms with van der Waals surface area (Å²) >= 11 is 0. The van der Waals surface area contributed by atoms with Crippen molar-refractivity contribution in [3.05, 3.63) is 59.9 Å². The van der Waals surface area contributed by atoms with Crippen molar-refractivity contribution in [1.82, 2.24) is 15.1 Å². The highest BCUT2D eigenvalue weighted by molar-refractivity contribution is 5.68. The summed E-state index contributed by atoms with van der Waals surface area (Å²) in [6.07, 6.45) is 4.60. The van der Waals surface area contributed by atoms with Crippen LogP contribution < -0.4 is 14.8 Å². The number of carbonyl (C=O) groups is 1. The number of benzene rings is 1. The quantitative estimate of drug-likeness (QED) is 0.446. The second kappa shape index (κ2) is 9.92. The number of carboxylic acids is 1. The molecule has 0 spiro atoms. The van der Waals surface area contributed by atoms with Gasteiger partial charge in [-0.25, -0.2) is 4.98 Å². The molecule has 4 rings (SSSR count). The number of nitrogens with one attached hydrogen (secondary N) is 1. The highest BCUT2D eigenvalue weighted by Gasteiger charge is 2.23. The first-order chi connectivity index (χ1) is 15.2. The first-order valence-electron chi connectivity index (χ1n) is 10.2. The van der Waals surface area contributed by atoms with Crippen molar-refractivity contribution in [2.24, 2.45) is 0 Å². The first kappa shape index (κ1) is 20.6. The number of aliphatic carboxylic acids is 1. The second-order valence-corrected chi connectivity index (χ2v) is 7.31. The fourth-order valence-electron chi connectivity index (χ4n) is 3.46. The standard InChI is InChI=1S/C22H24N4O5/c27-22(28)13-16(15-7-8-17-18(11-15)30-14-29-17)12-21-25-20(26-31-21)6-2-4-10-24-19-5-1-3-9-23-19/h1,3,5,7-9,11,16H,2,4,6,10,12-14H2,(H,23,24)(H,27,28). The van der Waals surface area contributed by atoms with Gasteiger partial charge >= 0.3 is 5.97 Å². The van der Waals surface area contributed by atoms with Crippen LogP contribution in [0.15, 0.2) is 47.1 Å². The van der Waals surface area contributed by atoms with Crippen molar-refractivity contribution < 1.29 is 23.9 Å². The minimum absolute atomic E-state index is 0.0451. The molecule has 2 aromatic heterocycles. The molecular weight excluding hydrogens is 400 g/mol. The van der Waals surface area contributed by atoms with E-state index < -0.39 is 5.97 Å². The molecule has 0 saturated carbocycles. The van der Waals surface area contributed by atoms with Crippen molar-refractivity contribution in [1.29, 1.82) is 0 Å². The number of rotatable bonds is 11. The van der Waals surface area contributed by atoms with Gasteiger partial charge in [-0.05, 0) is 42.7 Å². The molecular formula is C22H24N4O5. The lowest BCUT2D eigenvalue weighted by Crippen LogP contribution is -2.09. The molecule has 1 unspecified atom stereocenters. The van der Waals surface area contributed by atoms with E-state index in [4.69, 9.17) is 14.0 Å². The summed E-state index contributed by atoms with van der Waals surface area (Å²) in [7, 11) is 0. The van der Waals surface area contributed by atoms with Gasteiger partial charge in [-0.3, -0.25) is 4.79 Å². The van der Waals surface area contributed by atoms with E-state index in [1.807, 2.05) is 30.3 Å². The number of hydrogen-bond donors (Lipinski definition) is 2. The Morgan fingerprint density at radius 2 is 2.06 bits per heavy atom. The Bertz CT molecular complexity index is 1010. The molecule has 0 saturated heterocycles. The Labute approximate surface area is 179 Å². The molecule has 1 atom stereocenters. The van der Waals surface area contributed by atoms with Gasteiger partial charge in [-0.1, -0.05) is 17.3 Å². The molecule has 0 amide bonds. The maximum absolute atomic E-state index is 11.4. The molecule has 9 heteroatoms.